The van der Waals surface area contributed by atoms with Gasteiger partial charge in [0.2, 0.25) is 0 Å². The molecule has 20 heavy (non-hydrogen) atoms. The van der Waals surface area contributed by atoms with Crippen molar-refractivity contribution >= 4 is 16.8 Å². The second-order valence-electron chi connectivity index (χ2n) is 4.41. The van der Waals surface area contributed by atoms with Gasteiger partial charge < -0.3 is 5.32 Å². The van der Waals surface area contributed by atoms with Crippen LogP contribution in [0.25, 0.3) is 10.9 Å². The monoisotopic (exact) mass is 263 g/mol. The number of aromatic nitrogens is 2. The fourth-order valence-corrected chi connectivity index (χ4v) is 2.09. The Morgan fingerprint density at radius 3 is 2.65 bits per heavy atom. The second kappa shape index (κ2) is 5.48. The summed E-state index contributed by atoms with van der Waals surface area (Å²) in [6.07, 6.45) is 4.97. The Labute approximate surface area is 116 Å². The summed E-state index contributed by atoms with van der Waals surface area (Å²) < 4.78 is 0. The molecule has 0 aliphatic carbocycles. The van der Waals surface area contributed by atoms with Crippen LogP contribution < -0.4 is 5.32 Å². The first-order chi connectivity index (χ1) is 9.84. The molecular formula is C16H13N3O. The maximum atomic E-state index is 12.0. The quantitative estimate of drug-likeness (QED) is 0.790. The lowest BCUT2D eigenvalue weighted by molar-refractivity contribution is 0.0951. The van der Waals surface area contributed by atoms with Gasteiger partial charge in [-0.1, -0.05) is 24.3 Å². The Balaban J connectivity index is 1.79. The molecule has 0 bridgehead atoms. The molecule has 4 nitrogen and oxygen atoms in total. The zero-order valence-corrected chi connectivity index (χ0v) is 10.8. The Morgan fingerprint density at radius 2 is 1.80 bits per heavy atom. The van der Waals surface area contributed by atoms with Crippen molar-refractivity contribution in [2.24, 2.45) is 0 Å². The third-order valence-corrected chi connectivity index (χ3v) is 3.10. The van der Waals surface area contributed by atoms with Crippen LogP contribution in [0.15, 0.2) is 61.1 Å². The average molecular weight is 263 g/mol. The van der Waals surface area contributed by atoms with Gasteiger partial charge in [-0.2, -0.15) is 0 Å². The predicted octanol–water partition coefficient (Wildman–Crippen LogP) is 2.56. The Kier molecular flexibility index (Phi) is 3.37. The summed E-state index contributed by atoms with van der Waals surface area (Å²) in [5, 5.41) is 3.97. The van der Waals surface area contributed by atoms with Crippen LogP contribution >= 0.6 is 0 Å². The minimum absolute atomic E-state index is 0.111. The van der Waals surface area contributed by atoms with E-state index in [1.54, 1.807) is 30.7 Å². The van der Waals surface area contributed by atoms with E-state index in [0.717, 1.165) is 16.5 Å². The maximum Gasteiger partial charge on any atom is 0.251 e. The first-order valence-corrected chi connectivity index (χ1v) is 6.35. The number of nitrogens with one attached hydrogen (secondary N) is 1. The van der Waals surface area contributed by atoms with Crippen molar-refractivity contribution in [1.29, 1.82) is 0 Å². The van der Waals surface area contributed by atoms with Crippen molar-refractivity contribution in [3.63, 3.8) is 0 Å². The van der Waals surface area contributed by atoms with E-state index < -0.39 is 0 Å². The molecule has 0 spiro atoms. The summed E-state index contributed by atoms with van der Waals surface area (Å²) in [5.41, 5.74) is 2.53. The lowest BCUT2D eigenvalue weighted by Crippen LogP contribution is -2.22. The van der Waals surface area contributed by atoms with Crippen molar-refractivity contribution in [2.45, 2.75) is 6.54 Å². The fraction of sp³-hybridized carbons (Fsp3) is 0.0625. The largest absolute Gasteiger partial charge is 0.348 e. The minimum atomic E-state index is -0.111. The number of benzene rings is 1. The van der Waals surface area contributed by atoms with E-state index in [1.807, 2.05) is 30.3 Å². The molecule has 0 aliphatic heterocycles. The summed E-state index contributed by atoms with van der Waals surface area (Å²) in [7, 11) is 0. The van der Waals surface area contributed by atoms with E-state index in [4.69, 9.17) is 0 Å². The van der Waals surface area contributed by atoms with Gasteiger partial charge in [0.05, 0.1) is 5.52 Å². The van der Waals surface area contributed by atoms with Gasteiger partial charge in [-0.25, -0.2) is 0 Å². The maximum absolute atomic E-state index is 12.0. The van der Waals surface area contributed by atoms with E-state index in [2.05, 4.69) is 15.3 Å². The third-order valence-electron chi connectivity index (χ3n) is 3.10. The molecule has 3 rings (SSSR count). The highest BCUT2D eigenvalue weighted by atomic mass is 16.1. The van der Waals surface area contributed by atoms with Gasteiger partial charge in [0, 0.05) is 36.1 Å². The average Bonchev–Trinajstić information content (AvgIpc) is 2.53. The number of hydrogen-bond donors (Lipinski definition) is 1. The zero-order valence-electron chi connectivity index (χ0n) is 10.8. The van der Waals surface area contributed by atoms with Gasteiger partial charge in [-0.15, -0.1) is 0 Å². The summed E-state index contributed by atoms with van der Waals surface area (Å²) >= 11 is 0. The van der Waals surface area contributed by atoms with E-state index in [-0.39, 0.29) is 5.91 Å². The Hall–Kier alpha value is -2.75. The molecule has 1 amide bonds. The van der Waals surface area contributed by atoms with Crippen molar-refractivity contribution in [1.82, 2.24) is 15.3 Å². The highest BCUT2D eigenvalue weighted by Crippen LogP contribution is 2.15. The fourth-order valence-electron chi connectivity index (χ4n) is 2.09. The van der Waals surface area contributed by atoms with Crippen LogP contribution in [0.1, 0.15) is 15.9 Å². The Morgan fingerprint density at radius 1 is 1.00 bits per heavy atom. The van der Waals surface area contributed by atoms with Crippen LogP contribution in [0.2, 0.25) is 0 Å². The van der Waals surface area contributed by atoms with Gasteiger partial charge in [0.1, 0.15) is 0 Å². The number of para-hydroxylation sites is 1. The lowest BCUT2D eigenvalue weighted by Gasteiger charge is -2.07. The number of carbonyl (C=O) groups excluding carboxylic acids is 1. The molecule has 0 aliphatic rings. The van der Waals surface area contributed by atoms with Crippen LogP contribution in [0, 0.1) is 0 Å². The predicted molar refractivity (Wildman–Crippen MR) is 77.2 cm³/mol. The highest BCUT2D eigenvalue weighted by molar-refractivity contribution is 5.94. The van der Waals surface area contributed by atoms with Crippen LogP contribution in [0.3, 0.4) is 0 Å². The third kappa shape index (κ3) is 2.49. The van der Waals surface area contributed by atoms with Crippen molar-refractivity contribution in [3.05, 3.63) is 72.2 Å². The first-order valence-electron chi connectivity index (χ1n) is 6.35. The lowest BCUT2D eigenvalue weighted by atomic mass is 10.1. The molecule has 0 atom stereocenters. The van der Waals surface area contributed by atoms with Crippen LogP contribution in [-0.2, 0) is 6.54 Å². The first kappa shape index (κ1) is 12.3. The minimum Gasteiger partial charge on any atom is -0.348 e. The van der Waals surface area contributed by atoms with Crippen LogP contribution in [0.5, 0.6) is 0 Å². The Bertz CT molecular complexity index is 736. The van der Waals surface area contributed by atoms with Crippen molar-refractivity contribution < 1.29 is 4.79 Å². The number of carbonyl (C=O) groups is 1. The molecule has 98 valence electrons. The summed E-state index contributed by atoms with van der Waals surface area (Å²) in [6.45, 7) is 0.454. The number of hydrogen-bond acceptors (Lipinski definition) is 3. The van der Waals surface area contributed by atoms with Gasteiger partial charge in [-0.05, 0) is 23.8 Å². The molecule has 1 aromatic carbocycles. The molecule has 0 saturated heterocycles. The van der Waals surface area contributed by atoms with E-state index in [1.165, 1.54) is 0 Å². The number of nitrogens with zero attached hydrogens (tertiary/aromatic N) is 2. The van der Waals surface area contributed by atoms with Crippen LogP contribution in [-0.4, -0.2) is 15.9 Å². The smallest absolute Gasteiger partial charge is 0.251 e. The molecule has 0 saturated carbocycles. The number of rotatable bonds is 3. The van der Waals surface area contributed by atoms with Crippen LogP contribution in [0.4, 0.5) is 0 Å². The topological polar surface area (TPSA) is 54.9 Å². The summed E-state index contributed by atoms with van der Waals surface area (Å²) in [4.78, 5) is 20.3. The van der Waals surface area contributed by atoms with E-state index in [9.17, 15) is 4.79 Å². The van der Waals surface area contributed by atoms with Crippen molar-refractivity contribution in [3.8, 4) is 0 Å². The molecule has 2 heterocycles. The SMILES string of the molecule is O=C(NCc1cccc2cccnc12)c1ccncc1. The molecule has 3 aromatic rings. The van der Waals surface area contributed by atoms with Gasteiger partial charge in [-0.3, -0.25) is 14.8 Å². The standard InChI is InChI=1S/C16H13N3O/c20-16(13-6-9-17-10-7-13)19-11-14-4-1-3-12-5-2-8-18-15(12)14/h1-10H,11H2,(H,19,20). The van der Waals surface area contributed by atoms with Gasteiger partial charge >= 0.3 is 0 Å². The molecule has 4 heteroatoms. The van der Waals surface area contributed by atoms with Crippen molar-refractivity contribution in [2.75, 3.05) is 0 Å². The molecule has 1 N–H and O–H groups in total. The normalized spacial score (nSPS) is 10.4. The molecule has 0 unspecified atom stereocenters. The molecule has 2 aromatic heterocycles. The molecule has 0 radical (unpaired) electrons. The summed E-state index contributed by atoms with van der Waals surface area (Å²) in [5.74, 6) is -0.111. The second-order valence-corrected chi connectivity index (χ2v) is 4.41. The number of fused-ring (bicyclic) bond motifs is 1. The molecular weight excluding hydrogens is 250 g/mol. The highest BCUT2D eigenvalue weighted by Gasteiger charge is 2.06. The molecule has 0 fully saturated rings. The van der Waals surface area contributed by atoms with E-state index in [0.29, 0.717) is 12.1 Å². The van der Waals surface area contributed by atoms with Gasteiger partial charge in [0.15, 0.2) is 0 Å². The number of amides is 1. The zero-order chi connectivity index (χ0) is 13.8. The van der Waals surface area contributed by atoms with E-state index >= 15 is 0 Å². The summed E-state index contributed by atoms with van der Waals surface area (Å²) in [6, 6.07) is 13.3. The number of pyridine rings is 2. The van der Waals surface area contributed by atoms with Gasteiger partial charge in [0.25, 0.3) is 5.91 Å².